The lowest BCUT2D eigenvalue weighted by molar-refractivity contribution is -0.119. The molecule has 0 bridgehead atoms. The van der Waals surface area contributed by atoms with Crippen molar-refractivity contribution in [2.24, 2.45) is 0 Å². The number of aromatic nitrogens is 1. The van der Waals surface area contributed by atoms with Gasteiger partial charge in [0.25, 0.3) is 5.24 Å². The normalized spacial score (nSPS) is 18.8. The van der Waals surface area contributed by atoms with Crippen LogP contribution < -0.4 is 5.32 Å². The van der Waals surface area contributed by atoms with Crippen LogP contribution in [0.4, 0.5) is 4.79 Å². The van der Waals surface area contributed by atoms with Gasteiger partial charge in [0.1, 0.15) is 0 Å². The highest BCUT2D eigenvalue weighted by molar-refractivity contribution is 8.15. The summed E-state index contributed by atoms with van der Waals surface area (Å²) in [6, 6.07) is 11.9. The number of benzene rings is 1. The van der Waals surface area contributed by atoms with Crippen molar-refractivity contribution in [2.45, 2.75) is 18.1 Å². The van der Waals surface area contributed by atoms with Gasteiger partial charge >= 0.3 is 0 Å². The summed E-state index contributed by atoms with van der Waals surface area (Å²) >= 11 is 1.07. The molecule has 1 atom stereocenters. The van der Waals surface area contributed by atoms with Gasteiger partial charge in [-0.25, -0.2) is 0 Å². The number of carbonyl (C=O) groups excluding carboxylic acids is 2. The van der Waals surface area contributed by atoms with E-state index < -0.39 is 0 Å². The van der Waals surface area contributed by atoms with Crippen molar-refractivity contribution in [3.05, 3.63) is 42.1 Å². The van der Waals surface area contributed by atoms with Gasteiger partial charge in [0.05, 0.1) is 10.8 Å². The number of fused-ring (bicyclic) bond motifs is 1. The second-order valence-corrected chi connectivity index (χ2v) is 5.59. The third-order valence-electron chi connectivity index (χ3n) is 3.09. The van der Waals surface area contributed by atoms with Crippen molar-refractivity contribution in [2.75, 3.05) is 0 Å². The molecule has 0 saturated carbocycles. The summed E-state index contributed by atoms with van der Waals surface area (Å²) in [7, 11) is 0. The lowest BCUT2D eigenvalue weighted by Gasteiger charge is -2.05. The van der Waals surface area contributed by atoms with E-state index in [1.54, 1.807) is 0 Å². The van der Waals surface area contributed by atoms with E-state index >= 15 is 0 Å². The zero-order chi connectivity index (χ0) is 13.2. The highest BCUT2D eigenvalue weighted by Gasteiger charge is 2.30. The molecule has 2 heterocycles. The number of imide groups is 1. The van der Waals surface area contributed by atoms with Gasteiger partial charge in [-0.1, -0.05) is 36.0 Å². The first-order valence-corrected chi connectivity index (χ1v) is 6.96. The van der Waals surface area contributed by atoms with Crippen molar-refractivity contribution in [3.63, 3.8) is 0 Å². The molecule has 1 unspecified atom stereocenters. The molecule has 1 aliphatic rings. The van der Waals surface area contributed by atoms with Crippen LogP contribution >= 0.6 is 11.8 Å². The lowest BCUT2D eigenvalue weighted by Crippen LogP contribution is -2.24. The van der Waals surface area contributed by atoms with Crippen LogP contribution in [0, 0.1) is 0 Å². The molecule has 4 nitrogen and oxygen atoms in total. The highest BCUT2D eigenvalue weighted by atomic mass is 32.2. The maximum Gasteiger partial charge on any atom is 0.286 e. The molecular weight excluding hydrogens is 260 g/mol. The summed E-state index contributed by atoms with van der Waals surface area (Å²) in [5.74, 6) is -0.184. The fourth-order valence-corrected chi connectivity index (χ4v) is 2.93. The van der Waals surface area contributed by atoms with E-state index in [4.69, 9.17) is 0 Å². The number of aryl methyl sites for hydroxylation is 1. The van der Waals surface area contributed by atoms with E-state index in [1.165, 1.54) is 0 Å². The summed E-state index contributed by atoms with van der Waals surface area (Å²) in [6.07, 6.45) is 1.33. The highest BCUT2D eigenvalue weighted by Crippen LogP contribution is 2.23. The Kier molecular flexibility index (Phi) is 3.21. The number of nitrogens with zero attached hydrogens (tertiary/aromatic N) is 1. The third kappa shape index (κ3) is 2.61. The number of nitrogens with one attached hydrogen (secondary N) is 1. The predicted molar refractivity (Wildman–Crippen MR) is 75.0 cm³/mol. The molecule has 1 fully saturated rings. The maximum atomic E-state index is 11.4. The van der Waals surface area contributed by atoms with Crippen LogP contribution in [0.25, 0.3) is 10.9 Å². The molecule has 1 aromatic heterocycles. The molecular formula is C14H12N2O2S. The molecule has 5 heteroatoms. The van der Waals surface area contributed by atoms with E-state index in [2.05, 4.69) is 10.3 Å². The zero-order valence-corrected chi connectivity index (χ0v) is 10.9. The summed E-state index contributed by atoms with van der Waals surface area (Å²) < 4.78 is 0. The van der Waals surface area contributed by atoms with Crippen molar-refractivity contribution >= 4 is 33.8 Å². The van der Waals surface area contributed by atoms with Gasteiger partial charge in [-0.15, -0.1) is 0 Å². The van der Waals surface area contributed by atoms with Crippen LogP contribution in [0.2, 0.25) is 0 Å². The second kappa shape index (κ2) is 5.01. The molecule has 1 aromatic carbocycles. The Morgan fingerprint density at radius 1 is 1.16 bits per heavy atom. The largest absolute Gasteiger partial charge is 0.286 e. The Hall–Kier alpha value is -1.88. The Morgan fingerprint density at radius 3 is 2.79 bits per heavy atom. The summed E-state index contributed by atoms with van der Waals surface area (Å²) in [5, 5.41) is 2.88. The lowest BCUT2D eigenvalue weighted by atomic mass is 10.1. The van der Waals surface area contributed by atoms with Crippen LogP contribution in [-0.2, 0) is 11.2 Å². The molecule has 3 rings (SSSR count). The first kappa shape index (κ1) is 12.2. The van der Waals surface area contributed by atoms with Gasteiger partial charge in [-0.2, -0.15) is 0 Å². The molecule has 96 valence electrons. The SMILES string of the molecule is O=C1NC(=O)C(CCc2ccc3ccccc3n2)S1. The minimum absolute atomic E-state index is 0.184. The van der Waals surface area contributed by atoms with E-state index in [-0.39, 0.29) is 16.4 Å². The zero-order valence-electron chi connectivity index (χ0n) is 10.1. The Balaban J connectivity index is 1.71. The quantitative estimate of drug-likeness (QED) is 0.932. The van der Waals surface area contributed by atoms with Crippen molar-refractivity contribution in [3.8, 4) is 0 Å². The van der Waals surface area contributed by atoms with Crippen LogP contribution in [0.1, 0.15) is 12.1 Å². The molecule has 0 aliphatic carbocycles. The number of hydrogen-bond donors (Lipinski definition) is 1. The minimum Gasteiger partial charge on any atom is -0.286 e. The Morgan fingerprint density at radius 2 is 2.00 bits per heavy atom. The minimum atomic E-state index is -0.277. The average Bonchev–Trinajstić information content (AvgIpc) is 2.74. The Bertz CT molecular complexity index is 657. The van der Waals surface area contributed by atoms with E-state index in [0.717, 1.165) is 28.4 Å². The molecule has 2 aromatic rings. The summed E-state index contributed by atoms with van der Waals surface area (Å²) in [4.78, 5) is 27.1. The number of amides is 2. The van der Waals surface area contributed by atoms with Crippen molar-refractivity contribution < 1.29 is 9.59 Å². The fraction of sp³-hybridized carbons (Fsp3) is 0.214. The van der Waals surface area contributed by atoms with Crippen LogP contribution in [0.5, 0.6) is 0 Å². The number of rotatable bonds is 3. The van der Waals surface area contributed by atoms with Gasteiger partial charge in [-0.3, -0.25) is 19.9 Å². The number of carbonyl (C=O) groups is 2. The number of hydrogen-bond acceptors (Lipinski definition) is 4. The molecule has 2 amide bonds. The van der Waals surface area contributed by atoms with Gasteiger partial charge in [0, 0.05) is 11.1 Å². The monoisotopic (exact) mass is 272 g/mol. The topological polar surface area (TPSA) is 59.1 Å². The predicted octanol–water partition coefficient (Wildman–Crippen LogP) is 2.52. The fourth-order valence-electron chi connectivity index (χ4n) is 2.11. The van der Waals surface area contributed by atoms with Gasteiger partial charge < -0.3 is 0 Å². The molecule has 1 saturated heterocycles. The van der Waals surface area contributed by atoms with Crippen LogP contribution in [0.3, 0.4) is 0 Å². The van der Waals surface area contributed by atoms with E-state index in [0.29, 0.717) is 12.8 Å². The van der Waals surface area contributed by atoms with Crippen LogP contribution in [0.15, 0.2) is 36.4 Å². The molecule has 1 N–H and O–H groups in total. The van der Waals surface area contributed by atoms with Crippen LogP contribution in [-0.4, -0.2) is 21.4 Å². The number of para-hydroxylation sites is 1. The van der Waals surface area contributed by atoms with Gasteiger partial charge in [0.2, 0.25) is 5.91 Å². The van der Waals surface area contributed by atoms with Crippen molar-refractivity contribution in [1.82, 2.24) is 10.3 Å². The second-order valence-electron chi connectivity index (χ2n) is 4.42. The smallest absolute Gasteiger partial charge is 0.286 e. The summed E-state index contributed by atoms with van der Waals surface area (Å²) in [5.41, 5.74) is 1.91. The van der Waals surface area contributed by atoms with Gasteiger partial charge in [-0.05, 0) is 25.0 Å². The number of thioether (sulfide) groups is 1. The molecule has 0 radical (unpaired) electrons. The summed E-state index contributed by atoms with van der Waals surface area (Å²) in [6.45, 7) is 0. The maximum absolute atomic E-state index is 11.4. The van der Waals surface area contributed by atoms with E-state index in [9.17, 15) is 9.59 Å². The number of pyridine rings is 1. The van der Waals surface area contributed by atoms with Gasteiger partial charge in [0.15, 0.2) is 0 Å². The molecule has 0 spiro atoms. The first-order valence-electron chi connectivity index (χ1n) is 6.08. The Labute approximate surface area is 114 Å². The standard InChI is InChI=1S/C14H12N2O2S/c17-13-12(19-14(18)16-13)8-7-10-6-5-9-3-1-2-4-11(9)15-10/h1-6,12H,7-8H2,(H,16,17,18). The average molecular weight is 272 g/mol. The third-order valence-corrected chi connectivity index (χ3v) is 4.14. The van der Waals surface area contributed by atoms with Crippen molar-refractivity contribution in [1.29, 1.82) is 0 Å². The first-order chi connectivity index (χ1) is 9.22. The van der Waals surface area contributed by atoms with E-state index in [1.807, 2.05) is 36.4 Å². The molecule has 1 aliphatic heterocycles. The molecule has 19 heavy (non-hydrogen) atoms.